The van der Waals surface area contributed by atoms with Crippen molar-refractivity contribution in [3.63, 3.8) is 0 Å². The first-order chi connectivity index (χ1) is 10.1. The lowest BCUT2D eigenvalue weighted by atomic mass is 9.95. The first kappa shape index (κ1) is 15.0. The third kappa shape index (κ3) is 4.91. The van der Waals surface area contributed by atoms with Crippen molar-refractivity contribution >= 4 is 11.7 Å². The molecule has 21 heavy (non-hydrogen) atoms. The number of carbonyl (C=O) groups is 1. The smallest absolute Gasteiger partial charge is 0.344 e. The van der Waals surface area contributed by atoms with E-state index in [4.69, 9.17) is 9.47 Å². The lowest BCUT2D eigenvalue weighted by Gasteiger charge is -2.17. The van der Waals surface area contributed by atoms with E-state index in [1.54, 1.807) is 6.07 Å². The number of allylic oxidation sites excluding steroid dienone is 2. The normalized spacial score (nSPS) is 17.2. The molecule has 0 radical (unpaired) electrons. The quantitative estimate of drug-likeness (QED) is 0.348. The van der Waals surface area contributed by atoms with Crippen molar-refractivity contribution in [2.45, 2.75) is 19.3 Å². The van der Waals surface area contributed by atoms with Crippen LogP contribution in [0.4, 0.5) is 5.69 Å². The van der Waals surface area contributed by atoms with Gasteiger partial charge in [0.1, 0.15) is 5.75 Å². The number of carbonyl (C=O) groups excluding carboxylic acids is 1. The average molecular weight is 291 g/mol. The van der Waals surface area contributed by atoms with Crippen LogP contribution in [0.3, 0.4) is 0 Å². The van der Waals surface area contributed by atoms with E-state index < -0.39 is 10.9 Å². The Morgan fingerprint density at radius 3 is 2.95 bits per heavy atom. The van der Waals surface area contributed by atoms with Crippen molar-refractivity contribution in [2.75, 3.05) is 13.2 Å². The molecule has 1 aromatic rings. The van der Waals surface area contributed by atoms with Crippen molar-refractivity contribution in [3.05, 3.63) is 46.5 Å². The molecule has 0 amide bonds. The Hall–Kier alpha value is -2.37. The Labute approximate surface area is 122 Å². The van der Waals surface area contributed by atoms with E-state index in [9.17, 15) is 14.9 Å². The van der Waals surface area contributed by atoms with Gasteiger partial charge in [-0.1, -0.05) is 18.2 Å². The molecule has 0 spiro atoms. The molecule has 0 saturated carbocycles. The van der Waals surface area contributed by atoms with Gasteiger partial charge in [-0.15, -0.1) is 0 Å². The molecule has 0 aliphatic heterocycles. The van der Waals surface area contributed by atoms with Crippen molar-refractivity contribution in [1.82, 2.24) is 0 Å². The van der Waals surface area contributed by atoms with E-state index in [0.717, 1.165) is 19.3 Å². The minimum absolute atomic E-state index is 0.0742. The van der Waals surface area contributed by atoms with E-state index in [-0.39, 0.29) is 18.0 Å². The Morgan fingerprint density at radius 1 is 1.38 bits per heavy atom. The zero-order chi connectivity index (χ0) is 15.1. The lowest BCUT2D eigenvalue weighted by molar-refractivity contribution is -0.384. The van der Waals surface area contributed by atoms with E-state index >= 15 is 0 Å². The van der Waals surface area contributed by atoms with E-state index in [1.165, 1.54) is 18.2 Å². The number of nitro groups is 1. The highest BCUT2D eigenvalue weighted by Crippen LogP contribution is 2.20. The van der Waals surface area contributed by atoms with Gasteiger partial charge in [0.05, 0.1) is 17.6 Å². The van der Waals surface area contributed by atoms with Crippen LogP contribution in [0.1, 0.15) is 19.3 Å². The maximum atomic E-state index is 11.6. The average Bonchev–Trinajstić information content (AvgIpc) is 2.52. The van der Waals surface area contributed by atoms with Gasteiger partial charge in [-0.25, -0.2) is 4.79 Å². The Bertz CT molecular complexity index is 541. The van der Waals surface area contributed by atoms with Crippen molar-refractivity contribution in [3.8, 4) is 5.75 Å². The van der Waals surface area contributed by atoms with Crippen LogP contribution in [0, 0.1) is 16.0 Å². The van der Waals surface area contributed by atoms with Crippen LogP contribution in [0.5, 0.6) is 5.75 Å². The molecule has 2 rings (SSSR count). The lowest BCUT2D eigenvalue weighted by Crippen LogP contribution is -2.20. The minimum atomic E-state index is -0.512. The molecule has 0 saturated heterocycles. The van der Waals surface area contributed by atoms with Gasteiger partial charge in [0.2, 0.25) is 0 Å². The standard InChI is InChI=1S/C15H17NO5/c17-15(21-10-12-5-2-1-3-6-12)11-20-14-8-4-7-13(9-14)16(18)19/h1-2,4,7-9,12H,3,5-6,10-11H2. The Balaban J connectivity index is 1.74. The highest BCUT2D eigenvalue weighted by molar-refractivity contribution is 5.71. The first-order valence-electron chi connectivity index (χ1n) is 6.83. The van der Waals surface area contributed by atoms with Gasteiger partial charge in [0, 0.05) is 6.07 Å². The molecule has 1 aliphatic rings. The van der Waals surface area contributed by atoms with Crippen LogP contribution in [-0.4, -0.2) is 24.1 Å². The first-order valence-corrected chi connectivity index (χ1v) is 6.83. The minimum Gasteiger partial charge on any atom is -0.482 e. The van der Waals surface area contributed by atoms with Gasteiger partial charge < -0.3 is 9.47 Å². The van der Waals surface area contributed by atoms with Crippen molar-refractivity contribution in [1.29, 1.82) is 0 Å². The number of benzene rings is 1. The third-order valence-electron chi connectivity index (χ3n) is 3.24. The zero-order valence-electron chi connectivity index (χ0n) is 11.6. The summed E-state index contributed by atoms with van der Waals surface area (Å²) in [6.45, 7) is 0.144. The second-order valence-corrected chi connectivity index (χ2v) is 4.88. The fourth-order valence-electron chi connectivity index (χ4n) is 2.09. The van der Waals surface area contributed by atoms with Gasteiger partial charge >= 0.3 is 5.97 Å². The monoisotopic (exact) mass is 291 g/mol. The zero-order valence-corrected chi connectivity index (χ0v) is 11.6. The van der Waals surface area contributed by atoms with Crippen LogP contribution in [0.15, 0.2) is 36.4 Å². The Morgan fingerprint density at radius 2 is 2.24 bits per heavy atom. The van der Waals surface area contributed by atoms with Crippen LogP contribution in [-0.2, 0) is 9.53 Å². The molecule has 6 nitrogen and oxygen atoms in total. The predicted octanol–water partition coefficient (Wildman–Crippen LogP) is 2.87. The number of esters is 1. The van der Waals surface area contributed by atoms with Gasteiger partial charge in [-0.3, -0.25) is 10.1 Å². The third-order valence-corrected chi connectivity index (χ3v) is 3.24. The molecule has 1 unspecified atom stereocenters. The SMILES string of the molecule is O=C(COc1cccc([N+](=O)[O-])c1)OCC1CC=CCC1. The van der Waals surface area contributed by atoms with E-state index in [2.05, 4.69) is 12.2 Å². The molecular weight excluding hydrogens is 274 g/mol. The molecule has 0 heterocycles. The summed E-state index contributed by atoms with van der Waals surface area (Å²) in [4.78, 5) is 21.7. The summed E-state index contributed by atoms with van der Waals surface area (Å²) >= 11 is 0. The summed E-state index contributed by atoms with van der Waals surface area (Å²) < 4.78 is 10.4. The highest BCUT2D eigenvalue weighted by Gasteiger charge is 2.13. The fraction of sp³-hybridized carbons (Fsp3) is 0.400. The maximum Gasteiger partial charge on any atom is 0.344 e. The largest absolute Gasteiger partial charge is 0.482 e. The summed E-state index contributed by atoms with van der Waals surface area (Å²) in [6, 6.07) is 5.71. The number of nitro benzene ring substituents is 1. The van der Waals surface area contributed by atoms with Crippen LogP contribution in [0.25, 0.3) is 0 Å². The van der Waals surface area contributed by atoms with Crippen LogP contribution < -0.4 is 4.74 Å². The molecule has 1 aliphatic carbocycles. The van der Waals surface area contributed by atoms with E-state index in [1.807, 2.05) is 0 Å². The summed E-state index contributed by atoms with van der Waals surface area (Å²) in [6.07, 6.45) is 7.20. The molecular formula is C15H17NO5. The number of rotatable bonds is 6. The van der Waals surface area contributed by atoms with Crippen LogP contribution in [0.2, 0.25) is 0 Å². The summed E-state index contributed by atoms with van der Waals surface area (Å²) in [5.74, 6) is 0.189. The molecule has 0 bridgehead atoms. The van der Waals surface area contributed by atoms with Crippen molar-refractivity contribution < 1.29 is 19.2 Å². The number of ether oxygens (including phenoxy) is 2. The maximum absolute atomic E-state index is 11.6. The van der Waals surface area contributed by atoms with Gasteiger partial charge in [0.25, 0.3) is 5.69 Å². The molecule has 112 valence electrons. The second-order valence-electron chi connectivity index (χ2n) is 4.88. The molecule has 1 aromatic carbocycles. The van der Waals surface area contributed by atoms with Gasteiger partial charge in [-0.05, 0) is 31.2 Å². The summed E-state index contributed by atoms with van der Waals surface area (Å²) in [5, 5.41) is 10.6. The summed E-state index contributed by atoms with van der Waals surface area (Å²) in [7, 11) is 0. The molecule has 6 heteroatoms. The molecule has 0 N–H and O–H groups in total. The predicted molar refractivity (Wildman–Crippen MR) is 76.0 cm³/mol. The fourth-order valence-corrected chi connectivity index (χ4v) is 2.09. The topological polar surface area (TPSA) is 78.7 Å². The van der Waals surface area contributed by atoms with Crippen LogP contribution >= 0.6 is 0 Å². The number of hydrogen-bond donors (Lipinski definition) is 0. The Kier molecular flexibility index (Phi) is 5.31. The van der Waals surface area contributed by atoms with E-state index in [0.29, 0.717) is 12.5 Å². The van der Waals surface area contributed by atoms with Crippen molar-refractivity contribution in [2.24, 2.45) is 5.92 Å². The second kappa shape index (κ2) is 7.42. The molecule has 1 atom stereocenters. The number of nitrogens with zero attached hydrogens (tertiary/aromatic N) is 1. The molecule has 0 aromatic heterocycles. The number of hydrogen-bond acceptors (Lipinski definition) is 5. The van der Waals surface area contributed by atoms with Gasteiger partial charge in [0.15, 0.2) is 6.61 Å². The summed E-state index contributed by atoms with van der Waals surface area (Å²) in [5.41, 5.74) is -0.0742. The number of non-ortho nitro benzene ring substituents is 1. The molecule has 0 fully saturated rings. The van der Waals surface area contributed by atoms with Gasteiger partial charge in [-0.2, -0.15) is 0 Å². The highest BCUT2D eigenvalue weighted by atomic mass is 16.6.